The third kappa shape index (κ3) is 5.39. The number of benzene rings is 1. The molecule has 0 spiro atoms. The van der Waals surface area contributed by atoms with E-state index in [0.29, 0.717) is 12.8 Å². The van der Waals surface area contributed by atoms with Gasteiger partial charge in [-0.25, -0.2) is 0 Å². The van der Waals surface area contributed by atoms with Crippen LogP contribution in [0.2, 0.25) is 0 Å². The van der Waals surface area contributed by atoms with Gasteiger partial charge in [-0.15, -0.1) is 0 Å². The smallest absolute Gasteiger partial charge is 0.282 e. The summed E-state index contributed by atoms with van der Waals surface area (Å²) in [5.41, 5.74) is 0.198. The molecule has 0 bridgehead atoms. The van der Waals surface area contributed by atoms with Crippen LogP contribution in [0.3, 0.4) is 0 Å². The van der Waals surface area contributed by atoms with E-state index in [-0.39, 0.29) is 5.56 Å². The van der Waals surface area contributed by atoms with Gasteiger partial charge in [-0.2, -0.15) is 16.8 Å². The van der Waals surface area contributed by atoms with E-state index in [4.69, 9.17) is 4.55 Å². The Morgan fingerprint density at radius 3 is 2.05 bits per heavy atom. The summed E-state index contributed by atoms with van der Waals surface area (Å²) in [6, 6.07) is 3.75. The number of unbranched alkanes of at least 4 members (excludes halogenated alkanes) is 4. The van der Waals surface area contributed by atoms with Crippen molar-refractivity contribution in [1.29, 1.82) is 0 Å². The minimum Gasteiger partial charge on any atom is -0.282 e. The van der Waals surface area contributed by atoms with Gasteiger partial charge in [0.1, 0.15) is 9.79 Å². The largest absolute Gasteiger partial charge is 0.296 e. The zero-order chi connectivity index (χ0) is 16.1. The minimum atomic E-state index is -4.73. The van der Waals surface area contributed by atoms with Gasteiger partial charge < -0.3 is 0 Å². The van der Waals surface area contributed by atoms with Gasteiger partial charge in [0, 0.05) is 0 Å². The van der Waals surface area contributed by atoms with Gasteiger partial charge in [-0.05, 0) is 24.5 Å². The fourth-order valence-electron chi connectivity index (χ4n) is 2.17. The number of rotatable bonds is 8. The second-order valence-electron chi connectivity index (χ2n) is 4.86. The second-order valence-corrected chi connectivity index (χ2v) is 7.61. The Hall–Kier alpha value is -0.960. The first-order valence-corrected chi connectivity index (χ1v) is 9.62. The number of hydrogen-bond donors (Lipinski definition) is 2. The minimum absolute atomic E-state index is 0.198. The van der Waals surface area contributed by atoms with Gasteiger partial charge in [0.2, 0.25) is 0 Å². The molecule has 0 aromatic heterocycles. The zero-order valence-corrected chi connectivity index (χ0v) is 13.5. The van der Waals surface area contributed by atoms with Crippen LogP contribution in [-0.4, -0.2) is 25.9 Å². The van der Waals surface area contributed by atoms with Gasteiger partial charge in [-0.1, -0.05) is 44.7 Å². The van der Waals surface area contributed by atoms with Crippen molar-refractivity contribution in [3.8, 4) is 0 Å². The van der Waals surface area contributed by atoms with Crippen LogP contribution in [0.25, 0.3) is 0 Å². The second kappa shape index (κ2) is 7.35. The first kappa shape index (κ1) is 18.1. The van der Waals surface area contributed by atoms with Crippen molar-refractivity contribution in [2.24, 2.45) is 0 Å². The molecular weight excluding hydrogens is 316 g/mol. The van der Waals surface area contributed by atoms with Crippen LogP contribution in [0.4, 0.5) is 0 Å². The molecule has 6 nitrogen and oxygen atoms in total. The van der Waals surface area contributed by atoms with Gasteiger partial charge in [0.05, 0.1) is 0 Å². The highest BCUT2D eigenvalue weighted by atomic mass is 32.2. The van der Waals surface area contributed by atoms with Gasteiger partial charge in [-0.3, -0.25) is 9.11 Å². The Bertz CT molecular complexity index is 677. The fraction of sp³-hybridized carbons (Fsp3) is 0.538. The van der Waals surface area contributed by atoms with E-state index in [1.807, 2.05) is 0 Å². The molecule has 0 fully saturated rings. The Morgan fingerprint density at radius 2 is 1.52 bits per heavy atom. The topological polar surface area (TPSA) is 109 Å². The summed E-state index contributed by atoms with van der Waals surface area (Å²) in [6.07, 6.45) is 5.05. The zero-order valence-electron chi connectivity index (χ0n) is 11.8. The Morgan fingerprint density at radius 1 is 0.905 bits per heavy atom. The molecule has 1 rings (SSSR count). The average molecular weight is 336 g/mol. The summed E-state index contributed by atoms with van der Waals surface area (Å²) in [7, 11) is -9.45. The molecule has 0 atom stereocenters. The molecule has 120 valence electrons. The van der Waals surface area contributed by atoms with Crippen LogP contribution >= 0.6 is 0 Å². The molecule has 0 amide bonds. The lowest BCUT2D eigenvalue weighted by molar-refractivity contribution is 0.464. The van der Waals surface area contributed by atoms with Crippen molar-refractivity contribution < 1.29 is 25.9 Å². The highest BCUT2D eigenvalue weighted by Gasteiger charge is 2.26. The highest BCUT2D eigenvalue weighted by Crippen LogP contribution is 2.26. The lowest BCUT2D eigenvalue weighted by atomic mass is 10.1. The first-order valence-electron chi connectivity index (χ1n) is 6.74. The van der Waals surface area contributed by atoms with Crippen molar-refractivity contribution in [2.45, 2.75) is 55.2 Å². The molecule has 0 aliphatic carbocycles. The summed E-state index contributed by atoms with van der Waals surface area (Å²) < 4.78 is 63.7. The molecule has 0 unspecified atom stereocenters. The van der Waals surface area contributed by atoms with Crippen LogP contribution in [-0.2, 0) is 26.7 Å². The van der Waals surface area contributed by atoms with Crippen molar-refractivity contribution >= 4 is 20.2 Å². The summed E-state index contributed by atoms with van der Waals surface area (Å²) in [4.78, 5) is -1.50. The van der Waals surface area contributed by atoms with Gasteiger partial charge in [0.15, 0.2) is 0 Å². The van der Waals surface area contributed by atoms with E-state index in [1.54, 1.807) is 0 Å². The van der Waals surface area contributed by atoms with Crippen LogP contribution < -0.4 is 0 Å². The lowest BCUT2D eigenvalue weighted by Gasteiger charge is -2.10. The van der Waals surface area contributed by atoms with Crippen molar-refractivity contribution in [1.82, 2.24) is 0 Å². The van der Waals surface area contributed by atoms with E-state index < -0.39 is 30.0 Å². The monoisotopic (exact) mass is 336 g/mol. The van der Waals surface area contributed by atoms with Crippen molar-refractivity contribution in [2.75, 3.05) is 0 Å². The Labute approximate surface area is 125 Å². The summed E-state index contributed by atoms with van der Waals surface area (Å²) >= 11 is 0. The molecule has 21 heavy (non-hydrogen) atoms. The normalized spacial score (nSPS) is 12.5. The third-order valence-corrected chi connectivity index (χ3v) is 5.17. The van der Waals surface area contributed by atoms with Crippen molar-refractivity contribution in [3.05, 3.63) is 23.8 Å². The van der Waals surface area contributed by atoms with E-state index in [0.717, 1.165) is 31.7 Å². The molecule has 0 radical (unpaired) electrons. The summed E-state index contributed by atoms with van der Waals surface area (Å²) in [6.45, 7) is 2.08. The summed E-state index contributed by atoms with van der Waals surface area (Å²) in [5, 5.41) is 0. The lowest BCUT2D eigenvalue weighted by Crippen LogP contribution is -2.11. The maximum absolute atomic E-state index is 11.4. The Kier molecular flexibility index (Phi) is 6.33. The average Bonchev–Trinajstić information content (AvgIpc) is 2.36. The van der Waals surface area contributed by atoms with Crippen molar-refractivity contribution in [3.63, 3.8) is 0 Å². The molecule has 8 heteroatoms. The predicted octanol–water partition coefficient (Wildman–Crippen LogP) is 2.69. The van der Waals surface area contributed by atoms with Crippen LogP contribution in [0.15, 0.2) is 28.0 Å². The SMILES string of the molecule is CCCCCCCc1cccc(S(=O)(=O)O)c1S(=O)(=O)O. The first-order chi connectivity index (χ1) is 9.68. The molecule has 1 aromatic carbocycles. The Balaban J connectivity index is 3.10. The van der Waals surface area contributed by atoms with E-state index in [9.17, 15) is 21.4 Å². The predicted molar refractivity (Wildman–Crippen MR) is 78.5 cm³/mol. The van der Waals surface area contributed by atoms with Crippen LogP contribution in [0.1, 0.15) is 44.6 Å². The number of aryl methyl sites for hydroxylation is 1. The van der Waals surface area contributed by atoms with E-state index in [1.165, 1.54) is 12.1 Å². The summed E-state index contributed by atoms with van der Waals surface area (Å²) in [5.74, 6) is 0. The number of hydrogen-bond acceptors (Lipinski definition) is 4. The highest BCUT2D eigenvalue weighted by molar-refractivity contribution is 7.89. The van der Waals surface area contributed by atoms with Gasteiger partial charge in [0.25, 0.3) is 20.2 Å². The maximum Gasteiger partial charge on any atom is 0.296 e. The molecule has 0 aliphatic heterocycles. The molecule has 0 heterocycles. The quantitative estimate of drug-likeness (QED) is 0.558. The third-order valence-electron chi connectivity index (χ3n) is 3.15. The molecule has 0 saturated heterocycles. The van der Waals surface area contributed by atoms with Crippen LogP contribution in [0, 0.1) is 0 Å². The molecular formula is C13H20O6S2. The molecule has 0 saturated carbocycles. The van der Waals surface area contributed by atoms with E-state index in [2.05, 4.69) is 6.92 Å². The molecule has 2 N–H and O–H groups in total. The standard InChI is InChI=1S/C13H20O6S2/c1-2-3-4-5-6-8-11-9-7-10-12(20(14,15)16)13(11)21(17,18)19/h7,9-10H,2-6,8H2,1H3,(H,14,15,16)(H,17,18,19). The van der Waals surface area contributed by atoms with Gasteiger partial charge >= 0.3 is 0 Å². The fourth-order valence-corrected chi connectivity index (χ4v) is 4.24. The molecule has 1 aromatic rings. The van der Waals surface area contributed by atoms with E-state index >= 15 is 0 Å². The van der Waals surface area contributed by atoms with Crippen LogP contribution in [0.5, 0.6) is 0 Å². The molecule has 0 aliphatic rings. The maximum atomic E-state index is 11.4.